The molecule has 0 aliphatic heterocycles. The summed E-state index contributed by atoms with van der Waals surface area (Å²) in [5, 5.41) is 39.9. The van der Waals surface area contributed by atoms with Crippen LogP contribution < -0.4 is 0 Å². The second kappa shape index (κ2) is 29.9. The molecule has 0 aromatic carbocycles. The maximum absolute atomic E-state index is 11.4. The van der Waals surface area contributed by atoms with E-state index in [9.17, 15) is 29.8 Å². The highest BCUT2D eigenvalue weighted by molar-refractivity contribution is 5.66. The molecule has 0 aliphatic rings. The van der Waals surface area contributed by atoms with Gasteiger partial charge in [0, 0.05) is 19.3 Å². The number of carboxylic acids is 2. The van der Waals surface area contributed by atoms with Crippen LogP contribution in [0.25, 0.3) is 0 Å². The Kier molecular flexibility index (Phi) is 27.4. The van der Waals surface area contributed by atoms with Crippen molar-refractivity contribution in [3.05, 3.63) is 92.4 Å². The zero-order valence-electron chi connectivity index (χ0n) is 27.7. The molecule has 0 amide bonds. The van der Waals surface area contributed by atoms with Gasteiger partial charge in [-0.1, -0.05) is 81.2 Å². The third-order valence-electron chi connectivity index (χ3n) is 7.41. The Bertz CT molecular complexity index is 1060. The number of aliphatic carboxylic acids is 2. The zero-order chi connectivity index (χ0) is 34.3. The van der Waals surface area contributed by atoms with Gasteiger partial charge in [-0.2, -0.15) is 0 Å². The summed E-state index contributed by atoms with van der Waals surface area (Å²) >= 11 is 0. The van der Waals surface area contributed by atoms with E-state index in [1.54, 1.807) is 12.2 Å². The van der Waals surface area contributed by atoms with Crippen LogP contribution in [0.2, 0.25) is 0 Å². The Morgan fingerprint density at radius 1 is 0.609 bits per heavy atom. The van der Waals surface area contributed by atoms with Crippen LogP contribution in [0.15, 0.2) is 72.2 Å². The van der Waals surface area contributed by atoms with Gasteiger partial charge in [0.25, 0.3) is 0 Å². The number of nitrogens with zero attached hydrogens (tertiary/aromatic N) is 2. The van der Waals surface area contributed by atoms with Gasteiger partial charge < -0.3 is 10.2 Å². The van der Waals surface area contributed by atoms with Crippen LogP contribution in [0.4, 0.5) is 0 Å². The van der Waals surface area contributed by atoms with Crippen LogP contribution >= 0.6 is 0 Å². The smallest absolute Gasteiger partial charge is 0.303 e. The van der Waals surface area contributed by atoms with Gasteiger partial charge in [-0.25, -0.2) is 0 Å². The average Bonchev–Trinajstić information content (AvgIpc) is 3.00. The highest BCUT2D eigenvalue weighted by atomic mass is 16.6. The number of allylic oxidation sites excluding steroid dienone is 11. The largest absolute Gasteiger partial charge is 0.481 e. The first-order valence-electron chi connectivity index (χ1n) is 16.9. The van der Waals surface area contributed by atoms with E-state index in [0.29, 0.717) is 50.9 Å². The minimum absolute atomic E-state index is 0.0268. The van der Waals surface area contributed by atoms with Crippen LogP contribution in [0, 0.1) is 26.1 Å². The fraction of sp³-hybridized carbons (Fsp3) is 0.611. The molecule has 2 N–H and O–H groups in total. The van der Waals surface area contributed by atoms with Crippen molar-refractivity contribution in [3.8, 4) is 0 Å². The molecule has 0 fully saturated rings. The van der Waals surface area contributed by atoms with E-state index in [4.69, 9.17) is 10.2 Å². The van der Waals surface area contributed by atoms with E-state index in [1.165, 1.54) is 0 Å². The summed E-state index contributed by atoms with van der Waals surface area (Å²) in [6, 6.07) is 0. The SMILES string of the molecule is CCCCC(/C=C\C/C=C\C/C=C(\CCCCC(=O)O)[N+](=O)[O-])CCCCC/C=C(\C/C=C\C/C=C\CCCCC(=O)O)[N+](=O)[O-]. The third kappa shape index (κ3) is 27.7. The third-order valence-corrected chi connectivity index (χ3v) is 7.41. The van der Waals surface area contributed by atoms with Crippen molar-refractivity contribution in [3.63, 3.8) is 0 Å². The van der Waals surface area contributed by atoms with E-state index in [-0.39, 0.29) is 40.5 Å². The molecule has 0 saturated heterocycles. The molecule has 0 spiro atoms. The van der Waals surface area contributed by atoms with Gasteiger partial charge in [0.15, 0.2) is 0 Å². The van der Waals surface area contributed by atoms with Crippen LogP contribution in [-0.4, -0.2) is 32.0 Å². The van der Waals surface area contributed by atoms with Gasteiger partial charge >= 0.3 is 11.9 Å². The highest BCUT2D eigenvalue weighted by Gasteiger charge is 2.10. The predicted octanol–water partition coefficient (Wildman–Crippen LogP) is 10.1. The van der Waals surface area contributed by atoms with Gasteiger partial charge in [-0.05, 0) is 95.1 Å². The van der Waals surface area contributed by atoms with E-state index in [1.807, 2.05) is 36.5 Å². The predicted molar refractivity (Wildman–Crippen MR) is 183 cm³/mol. The summed E-state index contributed by atoms with van der Waals surface area (Å²) in [5.41, 5.74) is 0.363. The summed E-state index contributed by atoms with van der Waals surface area (Å²) in [5.74, 6) is -1.16. The lowest BCUT2D eigenvalue weighted by Gasteiger charge is -2.12. The van der Waals surface area contributed by atoms with Gasteiger partial charge in [-0.3, -0.25) is 29.8 Å². The molecule has 1 unspecified atom stereocenters. The monoisotopic (exact) mass is 644 g/mol. The normalized spacial score (nSPS) is 13.4. The molecule has 0 aromatic heterocycles. The fourth-order valence-electron chi connectivity index (χ4n) is 4.76. The first kappa shape index (κ1) is 42.2. The van der Waals surface area contributed by atoms with Crippen molar-refractivity contribution in [1.29, 1.82) is 0 Å². The molecule has 46 heavy (non-hydrogen) atoms. The Balaban J connectivity index is 4.44. The van der Waals surface area contributed by atoms with E-state index in [0.717, 1.165) is 64.2 Å². The number of hydrogen-bond donors (Lipinski definition) is 2. The van der Waals surface area contributed by atoms with E-state index in [2.05, 4.69) is 19.1 Å². The average molecular weight is 645 g/mol. The molecule has 0 rings (SSSR count). The number of nitro groups is 2. The van der Waals surface area contributed by atoms with Crippen molar-refractivity contribution >= 4 is 11.9 Å². The van der Waals surface area contributed by atoms with Crippen molar-refractivity contribution < 1.29 is 29.6 Å². The maximum atomic E-state index is 11.4. The van der Waals surface area contributed by atoms with E-state index < -0.39 is 11.9 Å². The lowest BCUT2D eigenvalue weighted by Crippen LogP contribution is -2.00. The molecule has 0 aliphatic carbocycles. The lowest BCUT2D eigenvalue weighted by atomic mass is 9.94. The summed E-state index contributed by atoms with van der Waals surface area (Å²) < 4.78 is 0. The summed E-state index contributed by atoms with van der Waals surface area (Å²) in [4.78, 5) is 43.0. The Labute approximate surface area is 275 Å². The minimum atomic E-state index is -0.887. The van der Waals surface area contributed by atoms with Gasteiger partial charge in [-0.15, -0.1) is 0 Å². The van der Waals surface area contributed by atoms with Crippen LogP contribution in [0.1, 0.15) is 135 Å². The summed E-state index contributed by atoms with van der Waals surface area (Å²) in [7, 11) is 0. The van der Waals surface area contributed by atoms with Crippen molar-refractivity contribution in [2.24, 2.45) is 5.92 Å². The quantitative estimate of drug-likeness (QED) is 0.0338. The summed E-state index contributed by atoms with van der Waals surface area (Å²) in [6.45, 7) is 2.18. The topological polar surface area (TPSA) is 161 Å². The lowest BCUT2D eigenvalue weighted by molar-refractivity contribution is -0.428. The molecule has 0 radical (unpaired) electrons. The molecule has 0 saturated carbocycles. The standard InChI is InChI=1S/C36H56N2O8/c1-2-3-23-32(24-15-9-8-11-18-27-34(38(45)46)29-21-22-31-36(41)42)25-16-13-14-19-28-33(37(43)44)26-17-10-6-4-5-7-12-20-30-35(39)40/h4-5,8,10-11,15,17,24,27-28,32H,2-3,6-7,9,12-14,16,18-23,25-26,29-31H2,1H3,(H,39,40)(H,41,42)/b5-4-,11-8-,17-10-,24-15-,33-28+,34-27+. The number of unbranched alkanes of at least 4 members (excludes halogenated alkanes) is 7. The molecule has 10 nitrogen and oxygen atoms in total. The number of hydrogen-bond acceptors (Lipinski definition) is 6. The Hall–Kier alpha value is -3.82. The van der Waals surface area contributed by atoms with Crippen molar-refractivity contribution in [1.82, 2.24) is 0 Å². The molecular formula is C36H56N2O8. The highest BCUT2D eigenvalue weighted by Crippen LogP contribution is 2.20. The zero-order valence-corrected chi connectivity index (χ0v) is 27.7. The number of carboxylic acid groups (broad SMARTS) is 2. The fourth-order valence-corrected chi connectivity index (χ4v) is 4.76. The molecular weight excluding hydrogens is 588 g/mol. The molecule has 10 heteroatoms. The maximum Gasteiger partial charge on any atom is 0.303 e. The number of rotatable bonds is 30. The first-order valence-corrected chi connectivity index (χ1v) is 16.9. The summed E-state index contributed by atoms with van der Waals surface area (Å²) in [6.07, 6.45) is 33.7. The van der Waals surface area contributed by atoms with Crippen LogP contribution in [0.5, 0.6) is 0 Å². The van der Waals surface area contributed by atoms with Gasteiger partial charge in [0.2, 0.25) is 11.4 Å². The molecule has 258 valence electrons. The van der Waals surface area contributed by atoms with Crippen LogP contribution in [0.3, 0.4) is 0 Å². The second-order valence-corrected chi connectivity index (χ2v) is 11.4. The Morgan fingerprint density at radius 3 is 1.85 bits per heavy atom. The molecule has 1 atom stereocenters. The molecule has 0 bridgehead atoms. The molecule has 0 aromatic rings. The van der Waals surface area contributed by atoms with Crippen LogP contribution in [-0.2, 0) is 9.59 Å². The van der Waals surface area contributed by atoms with Crippen molar-refractivity contribution in [2.75, 3.05) is 0 Å². The van der Waals surface area contributed by atoms with Gasteiger partial charge in [0.05, 0.1) is 16.3 Å². The van der Waals surface area contributed by atoms with E-state index >= 15 is 0 Å². The number of carbonyl (C=O) groups is 2. The minimum Gasteiger partial charge on any atom is -0.481 e. The Morgan fingerprint density at radius 2 is 1.17 bits per heavy atom. The van der Waals surface area contributed by atoms with Gasteiger partial charge in [0.1, 0.15) is 0 Å². The second-order valence-electron chi connectivity index (χ2n) is 11.4. The molecule has 0 heterocycles. The first-order chi connectivity index (χ1) is 22.2. The van der Waals surface area contributed by atoms with Crippen molar-refractivity contribution in [2.45, 2.75) is 135 Å².